The van der Waals surface area contributed by atoms with Crippen LogP contribution in [0.4, 0.5) is 0 Å². The van der Waals surface area contributed by atoms with Crippen molar-refractivity contribution >= 4 is 0 Å². The van der Waals surface area contributed by atoms with Gasteiger partial charge in [-0.05, 0) is 48.9 Å². The molecular weight excluding hydrogens is 384 g/mol. The van der Waals surface area contributed by atoms with E-state index in [9.17, 15) is 0 Å². The van der Waals surface area contributed by atoms with Gasteiger partial charge in [0, 0.05) is 57.7 Å². The monoisotopic (exact) mass is 414 g/mol. The number of nitriles is 1. The minimum atomic E-state index is 0.209. The van der Waals surface area contributed by atoms with Crippen LogP contribution in [-0.4, -0.2) is 41.0 Å². The summed E-state index contributed by atoms with van der Waals surface area (Å²) in [5, 5.41) is 16.1. The lowest BCUT2D eigenvalue weighted by Gasteiger charge is -2.24. The number of benzene rings is 1. The van der Waals surface area contributed by atoms with Gasteiger partial charge in [0.2, 0.25) is 0 Å². The predicted octanol–water partition coefficient (Wildman–Crippen LogP) is 3.29. The standard InChI is InChI=1S/C25H30N6/c1-21(25-7-3-5-13-30-25)28-15-17-31(20-23-10-8-22(18-26)9-11-23)16-14-27-19-24-6-2-4-12-29-24/h2-13,21,27-28H,14-17,19-20H2,1H3. The normalized spacial score (nSPS) is 11.9. The fourth-order valence-corrected chi connectivity index (χ4v) is 3.34. The minimum Gasteiger partial charge on any atom is -0.310 e. The quantitative estimate of drug-likeness (QED) is 0.443. The maximum Gasteiger partial charge on any atom is 0.0991 e. The molecule has 2 heterocycles. The number of nitrogens with one attached hydrogen (secondary N) is 2. The maximum absolute atomic E-state index is 9.02. The van der Waals surface area contributed by atoms with Crippen LogP contribution in [0, 0.1) is 11.3 Å². The topological polar surface area (TPSA) is 76.9 Å². The molecule has 31 heavy (non-hydrogen) atoms. The summed E-state index contributed by atoms with van der Waals surface area (Å²) in [4.78, 5) is 11.2. The van der Waals surface area contributed by atoms with E-state index in [1.165, 1.54) is 5.56 Å². The van der Waals surface area contributed by atoms with E-state index >= 15 is 0 Å². The van der Waals surface area contributed by atoms with Gasteiger partial charge in [-0.3, -0.25) is 14.9 Å². The number of rotatable bonds is 12. The zero-order chi connectivity index (χ0) is 21.7. The summed E-state index contributed by atoms with van der Waals surface area (Å²) in [6.07, 6.45) is 3.65. The molecule has 0 radical (unpaired) electrons. The summed E-state index contributed by atoms with van der Waals surface area (Å²) in [5.74, 6) is 0. The highest BCUT2D eigenvalue weighted by molar-refractivity contribution is 5.31. The molecule has 6 nitrogen and oxygen atoms in total. The summed E-state index contributed by atoms with van der Waals surface area (Å²) in [6, 6.07) is 22.2. The average molecular weight is 415 g/mol. The van der Waals surface area contributed by atoms with Crippen molar-refractivity contribution in [2.45, 2.75) is 26.1 Å². The van der Waals surface area contributed by atoms with Gasteiger partial charge < -0.3 is 10.6 Å². The SMILES string of the molecule is CC(NCCN(CCNCc1ccccn1)Cc1ccc(C#N)cc1)c1ccccn1. The Bertz CT molecular complexity index is 922. The summed E-state index contributed by atoms with van der Waals surface area (Å²) in [5.41, 5.74) is 4.00. The number of pyridine rings is 2. The molecule has 0 saturated heterocycles. The molecule has 0 aliphatic carbocycles. The van der Waals surface area contributed by atoms with Crippen LogP contribution in [0.1, 0.15) is 35.5 Å². The lowest BCUT2D eigenvalue weighted by atomic mass is 10.1. The Labute approximate surface area is 185 Å². The van der Waals surface area contributed by atoms with E-state index in [2.05, 4.69) is 38.5 Å². The molecule has 0 aliphatic rings. The number of nitrogens with zero attached hydrogens (tertiary/aromatic N) is 4. The van der Waals surface area contributed by atoms with E-state index in [0.29, 0.717) is 5.56 Å². The summed E-state index contributed by atoms with van der Waals surface area (Å²) in [7, 11) is 0. The van der Waals surface area contributed by atoms with Crippen molar-refractivity contribution in [1.29, 1.82) is 5.26 Å². The first-order chi connectivity index (χ1) is 15.2. The van der Waals surface area contributed by atoms with E-state index in [1.807, 2.05) is 73.1 Å². The van der Waals surface area contributed by atoms with Crippen molar-refractivity contribution in [3.8, 4) is 6.07 Å². The van der Waals surface area contributed by atoms with Gasteiger partial charge in [0.25, 0.3) is 0 Å². The highest BCUT2D eigenvalue weighted by Gasteiger charge is 2.09. The Morgan fingerprint density at radius 2 is 1.68 bits per heavy atom. The Kier molecular flexibility index (Phi) is 9.14. The molecule has 2 N–H and O–H groups in total. The van der Waals surface area contributed by atoms with Crippen molar-refractivity contribution in [1.82, 2.24) is 25.5 Å². The number of aromatic nitrogens is 2. The second kappa shape index (κ2) is 12.6. The first-order valence-electron chi connectivity index (χ1n) is 10.7. The van der Waals surface area contributed by atoms with Gasteiger partial charge >= 0.3 is 0 Å². The molecule has 1 atom stereocenters. The molecule has 160 valence electrons. The molecule has 0 aliphatic heterocycles. The molecule has 0 spiro atoms. The van der Waals surface area contributed by atoms with Crippen molar-refractivity contribution in [3.63, 3.8) is 0 Å². The summed E-state index contributed by atoms with van der Waals surface area (Å²) in [6.45, 7) is 7.34. The van der Waals surface area contributed by atoms with Crippen LogP contribution in [0.5, 0.6) is 0 Å². The highest BCUT2D eigenvalue weighted by Crippen LogP contribution is 2.09. The Morgan fingerprint density at radius 3 is 2.35 bits per heavy atom. The van der Waals surface area contributed by atoms with Gasteiger partial charge in [-0.25, -0.2) is 0 Å². The number of hydrogen-bond acceptors (Lipinski definition) is 6. The summed E-state index contributed by atoms with van der Waals surface area (Å²) < 4.78 is 0. The maximum atomic E-state index is 9.02. The molecule has 0 fully saturated rings. The van der Waals surface area contributed by atoms with Crippen molar-refractivity contribution < 1.29 is 0 Å². The molecule has 0 amide bonds. The van der Waals surface area contributed by atoms with Gasteiger partial charge in [0.15, 0.2) is 0 Å². The zero-order valence-electron chi connectivity index (χ0n) is 18.0. The number of hydrogen-bond donors (Lipinski definition) is 2. The highest BCUT2D eigenvalue weighted by atomic mass is 15.2. The zero-order valence-corrected chi connectivity index (χ0v) is 18.0. The molecule has 0 bridgehead atoms. The van der Waals surface area contributed by atoms with Crippen LogP contribution in [0.15, 0.2) is 73.1 Å². The van der Waals surface area contributed by atoms with Gasteiger partial charge in [0.1, 0.15) is 0 Å². The Balaban J connectivity index is 1.50. The van der Waals surface area contributed by atoms with Crippen LogP contribution in [-0.2, 0) is 13.1 Å². The molecule has 3 rings (SSSR count). The second-order valence-electron chi connectivity index (χ2n) is 7.51. The molecule has 1 aromatic carbocycles. The van der Waals surface area contributed by atoms with Gasteiger partial charge in [-0.1, -0.05) is 24.3 Å². The van der Waals surface area contributed by atoms with E-state index in [0.717, 1.165) is 50.7 Å². The van der Waals surface area contributed by atoms with Gasteiger partial charge in [0.05, 0.1) is 23.0 Å². The lowest BCUT2D eigenvalue weighted by molar-refractivity contribution is 0.260. The second-order valence-corrected chi connectivity index (χ2v) is 7.51. The van der Waals surface area contributed by atoms with Crippen molar-refractivity contribution in [2.75, 3.05) is 26.2 Å². The molecule has 0 saturated carbocycles. The third-order valence-electron chi connectivity index (χ3n) is 5.14. The minimum absolute atomic E-state index is 0.209. The van der Waals surface area contributed by atoms with E-state index < -0.39 is 0 Å². The Hall–Kier alpha value is -3.11. The third kappa shape index (κ3) is 7.91. The van der Waals surface area contributed by atoms with Crippen LogP contribution in [0.3, 0.4) is 0 Å². The molecular formula is C25H30N6. The molecule has 6 heteroatoms. The largest absolute Gasteiger partial charge is 0.310 e. The van der Waals surface area contributed by atoms with E-state index in [-0.39, 0.29) is 6.04 Å². The third-order valence-corrected chi connectivity index (χ3v) is 5.14. The molecule has 3 aromatic rings. The van der Waals surface area contributed by atoms with Crippen LogP contribution in [0.25, 0.3) is 0 Å². The first-order valence-corrected chi connectivity index (χ1v) is 10.7. The smallest absolute Gasteiger partial charge is 0.0991 e. The van der Waals surface area contributed by atoms with Crippen molar-refractivity contribution in [2.24, 2.45) is 0 Å². The van der Waals surface area contributed by atoms with E-state index in [1.54, 1.807) is 0 Å². The van der Waals surface area contributed by atoms with Crippen molar-refractivity contribution in [3.05, 3.63) is 95.6 Å². The van der Waals surface area contributed by atoms with Gasteiger partial charge in [-0.2, -0.15) is 5.26 Å². The van der Waals surface area contributed by atoms with Crippen LogP contribution < -0.4 is 10.6 Å². The molecule has 1 unspecified atom stereocenters. The molecule has 2 aromatic heterocycles. The fourth-order valence-electron chi connectivity index (χ4n) is 3.34. The predicted molar refractivity (Wildman–Crippen MR) is 123 cm³/mol. The first kappa shape index (κ1) is 22.6. The Morgan fingerprint density at radius 1 is 0.935 bits per heavy atom. The van der Waals surface area contributed by atoms with E-state index in [4.69, 9.17) is 5.26 Å². The lowest BCUT2D eigenvalue weighted by Crippen LogP contribution is -2.37. The van der Waals surface area contributed by atoms with Gasteiger partial charge in [-0.15, -0.1) is 0 Å². The fraction of sp³-hybridized carbons (Fsp3) is 0.320. The average Bonchev–Trinajstić information content (AvgIpc) is 2.83. The summed E-state index contributed by atoms with van der Waals surface area (Å²) >= 11 is 0. The van der Waals surface area contributed by atoms with Crippen LogP contribution in [0.2, 0.25) is 0 Å². The van der Waals surface area contributed by atoms with Crippen LogP contribution >= 0.6 is 0 Å².